The number of benzene rings is 1. The van der Waals surface area contributed by atoms with Gasteiger partial charge in [0.15, 0.2) is 11.5 Å². The van der Waals surface area contributed by atoms with Gasteiger partial charge in [-0.2, -0.15) is 0 Å². The third-order valence-electron chi connectivity index (χ3n) is 1.44. The van der Waals surface area contributed by atoms with Gasteiger partial charge in [-0.3, -0.25) is 0 Å². The zero-order valence-electron chi connectivity index (χ0n) is 7.40. The van der Waals surface area contributed by atoms with Crippen LogP contribution in [0.3, 0.4) is 0 Å². The van der Waals surface area contributed by atoms with Gasteiger partial charge >= 0.3 is 51.4 Å². The molecule has 0 aliphatic rings. The first kappa shape index (κ1) is 12.9. The monoisotopic (exact) mass is 206 g/mol. The van der Waals surface area contributed by atoms with Crippen molar-refractivity contribution < 1.29 is 71.1 Å². The van der Waals surface area contributed by atoms with Crippen molar-refractivity contribution in [2.24, 2.45) is 0 Å². The van der Waals surface area contributed by atoms with Crippen LogP contribution in [0.4, 0.5) is 0 Å². The zero-order valence-corrected chi connectivity index (χ0v) is 10.5. The molecule has 1 aromatic carbocycles. The quantitative estimate of drug-likeness (QED) is 0.517. The van der Waals surface area contributed by atoms with E-state index in [4.69, 9.17) is 4.74 Å². The molecule has 0 fully saturated rings. The van der Waals surface area contributed by atoms with Crippen molar-refractivity contribution in [3.8, 4) is 11.5 Å². The number of rotatable bonds is 2. The van der Waals surface area contributed by atoms with Crippen molar-refractivity contribution in [2.75, 3.05) is 7.11 Å². The molecule has 64 valence electrons. The molecule has 0 amide bonds. The van der Waals surface area contributed by atoms with Crippen molar-refractivity contribution in [3.05, 3.63) is 23.8 Å². The van der Waals surface area contributed by atoms with Crippen LogP contribution in [0, 0.1) is 0 Å². The fourth-order valence-corrected chi connectivity index (χ4v) is 0.852. The molecule has 5 heteroatoms. The van der Waals surface area contributed by atoms with Crippen LogP contribution in [-0.2, 0) is 0 Å². The van der Waals surface area contributed by atoms with E-state index in [1.54, 1.807) is 0 Å². The molecule has 0 heterocycles. The molecular formula is C8H7KO4. The summed E-state index contributed by atoms with van der Waals surface area (Å²) in [6.45, 7) is 0. The number of hydrogen-bond acceptors (Lipinski definition) is 4. The average molecular weight is 206 g/mol. The van der Waals surface area contributed by atoms with E-state index in [0.717, 1.165) is 0 Å². The first-order valence-electron chi connectivity index (χ1n) is 3.24. The normalized spacial score (nSPS) is 8.69. The van der Waals surface area contributed by atoms with E-state index in [9.17, 15) is 15.0 Å². The molecule has 0 aliphatic heterocycles. The summed E-state index contributed by atoms with van der Waals surface area (Å²) in [7, 11) is 1.34. The van der Waals surface area contributed by atoms with Crippen LogP contribution in [0.15, 0.2) is 18.2 Å². The molecule has 1 N–H and O–H groups in total. The van der Waals surface area contributed by atoms with Gasteiger partial charge in [0.25, 0.3) is 0 Å². The van der Waals surface area contributed by atoms with Crippen LogP contribution in [0.5, 0.6) is 11.5 Å². The number of phenols is 1. The summed E-state index contributed by atoms with van der Waals surface area (Å²) < 4.78 is 4.69. The van der Waals surface area contributed by atoms with Gasteiger partial charge in [-0.15, -0.1) is 0 Å². The van der Waals surface area contributed by atoms with Gasteiger partial charge in [0.05, 0.1) is 13.1 Å². The van der Waals surface area contributed by atoms with Crippen LogP contribution >= 0.6 is 0 Å². The van der Waals surface area contributed by atoms with E-state index >= 15 is 0 Å². The molecule has 0 saturated carbocycles. The van der Waals surface area contributed by atoms with Gasteiger partial charge in [0.2, 0.25) is 0 Å². The average Bonchev–Trinajstić information content (AvgIpc) is 2.04. The predicted molar refractivity (Wildman–Crippen MR) is 39.0 cm³/mol. The van der Waals surface area contributed by atoms with Gasteiger partial charge < -0.3 is 19.7 Å². The second-order valence-corrected chi connectivity index (χ2v) is 2.14. The Bertz CT molecular complexity index is 311. The molecule has 0 saturated heterocycles. The minimum Gasteiger partial charge on any atom is -0.545 e. The van der Waals surface area contributed by atoms with Gasteiger partial charge in [-0.25, -0.2) is 0 Å². The van der Waals surface area contributed by atoms with E-state index in [1.165, 1.54) is 25.3 Å². The third-order valence-corrected chi connectivity index (χ3v) is 1.44. The summed E-state index contributed by atoms with van der Waals surface area (Å²) in [5.74, 6) is -1.71. The van der Waals surface area contributed by atoms with E-state index < -0.39 is 11.7 Å². The van der Waals surface area contributed by atoms with Gasteiger partial charge in [-0.05, 0) is 12.1 Å². The minimum atomic E-state index is -1.42. The maximum Gasteiger partial charge on any atom is 1.00 e. The molecule has 0 radical (unpaired) electrons. The van der Waals surface area contributed by atoms with Crippen molar-refractivity contribution in [2.45, 2.75) is 0 Å². The number of carbonyl (C=O) groups excluding carboxylic acids is 1. The Balaban J connectivity index is 0.00000144. The van der Waals surface area contributed by atoms with Crippen molar-refractivity contribution in [1.29, 1.82) is 0 Å². The number of carboxylic acids is 1. The topological polar surface area (TPSA) is 69.6 Å². The van der Waals surface area contributed by atoms with Crippen molar-refractivity contribution >= 4 is 5.97 Å². The summed E-state index contributed by atoms with van der Waals surface area (Å²) in [5.41, 5.74) is -0.269. The van der Waals surface area contributed by atoms with Gasteiger partial charge in [0, 0.05) is 5.56 Å². The minimum absolute atomic E-state index is 0. The molecule has 0 aromatic heterocycles. The second kappa shape index (κ2) is 5.61. The Morgan fingerprint density at radius 3 is 2.62 bits per heavy atom. The molecule has 0 bridgehead atoms. The summed E-state index contributed by atoms with van der Waals surface area (Å²) >= 11 is 0. The Morgan fingerprint density at radius 2 is 2.15 bits per heavy atom. The van der Waals surface area contributed by atoms with Crippen LogP contribution in [-0.4, -0.2) is 18.2 Å². The van der Waals surface area contributed by atoms with E-state index in [-0.39, 0.29) is 62.7 Å². The smallest absolute Gasteiger partial charge is 0.545 e. The van der Waals surface area contributed by atoms with E-state index in [1.807, 2.05) is 0 Å². The molecule has 0 atom stereocenters. The van der Waals surface area contributed by atoms with Crippen LogP contribution < -0.4 is 61.2 Å². The maximum absolute atomic E-state index is 10.4. The SMILES string of the molecule is COc1cccc(C(=O)[O-])c1O.[K+]. The maximum atomic E-state index is 10.4. The number of carbonyl (C=O) groups is 1. The fraction of sp³-hybridized carbons (Fsp3) is 0.125. The number of aromatic hydroxyl groups is 1. The Hall–Kier alpha value is -0.0736. The van der Waals surface area contributed by atoms with Crippen molar-refractivity contribution in [1.82, 2.24) is 0 Å². The largest absolute Gasteiger partial charge is 1.00 e. The Morgan fingerprint density at radius 1 is 1.54 bits per heavy atom. The molecule has 0 unspecified atom stereocenters. The van der Waals surface area contributed by atoms with Crippen LogP contribution in [0.25, 0.3) is 0 Å². The van der Waals surface area contributed by atoms with Crippen molar-refractivity contribution in [3.63, 3.8) is 0 Å². The Labute approximate surface area is 118 Å². The molecular weight excluding hydrogens is 199 g/mol. The molecule has 0 spiro atoms. The zero-order chi connectivity index (χ0) is 9.14. The third kappa shape index (κ3) is 2.96. The van der Waals surface area contributed by atoms with E-state index in [2.05, 4.69) is 0 Å². The summed E-state index contributed by atoms with van der Waals surface area (Å²) in [4.78, 5) is 10.4. The summed E-state index contributed by atoms with van der Waals surface area (Å²) in [6.07, 6.45) is 0. The Kier molecular flexibility index (Phi) is 5.58. The van der Waals surface area contributed by atoms with Crippen LogP contribution in [0.1, 0.15) is 10.4 Å². The van der Waals surface area contributed by atoms with E-state index in [0.29, 0.717) is 0 Å². The summed E-state index contributed by atoms with van der Waals surface area (Å²) in [6, 6.07) is 4.17. The fourth-order valence-electron chi connectivity index (χ4n) is 0.852. The van der Waals surface area contributed by atoms with Gasteiger partial charge in [-0.1, -0.05) is 6.07 Å². The number of carboxylic acid groups (broad SMARTS) is 1. The first-order valence-corrected chi connectivity index (χ1v) is 3.24. The molecule has 0 aliphatic carbocycles. The number of hydrogen-bond donors (Lipinski definition) is 1. The molecule has 1 aromatic rings. The number of aromatic carboxylic acids is 1. The summed E-state index contributed by atoms with van der Waals surface area (Å²) in [5, 5.41) is 19.6. The molecule has 4 nitrogen and oxygen atoms in total. The van der Waals surface area contributed by atoms with Crippen LogP contribution in [0.2, 0.25) is 0 Å². The predicted octanol–water partition coefficient (Wildman–Crippen LogP) is -3.23. The number of ether oxygens (including phenoxy) is 1. The standard InChI is InChI=1S/C8H8O4.K/c1-12-6-4-2-3-5(7(6)9)8(10)11;/h2-4,9H,1H3,(H,10,11);/q;+1/p-1. The second-order valence-electron chi connectivity index (χ2n) is 2.14. The molecule has 13 heavy (non-hydrogen) atoms. The molecule has 1 rings (SSSR count). The number of methoxy groups -OCH3 is 1. The van der Waals surface area contributed by atoms with Gasteiger partial charge in [0.1, 0.15) is 0 Å². The first-order chi connectivity index (χ1) is 5.66. The number of para-hydroxylation sites is 1.